The van der Waals surface area contributed by atoms with Gasteiger partial charge in [-0.3, -0.25) is 9.59 Å². The quantitative estimate of drug-likeness (QED) is 0.312. The standard InChI is InChI=1S/C18H30O.C16H26O.4CO2/c1-4-12-6-7-15-14(13(12)5-2)10-11-18(3)16(15)8-9-17(18)19;1-10-4-5-13-12(11(10)2)8-9-16(3)14(13)6-7-15(16)17;4*2-1-3/h12-16H,4-11H2,1-3H3;10-14H,4-9H2,1-3H3;;;;/t12-,13+,14-,15-,16+,18+;10-,11+,12-,13-,14+,16+;;;;/m11..../s1. The van der Waals surface area contributed by atoms with Gasteiger partial charge in [-0.25, -0.2) is 0 Å². The Balaban J connectivity index is 0.000000364. The van der Waals surface area contributed by atoms with Crippen molar-refractivity contribution >= 4 is 36.2 Å². The molecule has 0 spiro atoms. The van der Waals surface area contributed by atoms with Gasteiger partial charge < -0.3 is 0 Å². The predicted octanol–water partition coefficient (Wildman–Crippen LogP) is 6.57. The maximum atomic E-state index is 12.3. The van der Waals surface area contributed by atoms with Gasteiger partial charge in [-0.05, 0) is 117 Å². The fourth-order valence-electron chi connectivity index (χ4n) is 11.4. The minimum atomic E-state index is 0.0680. The van der Waals surface area contributed by atoms with E-state index in [1.54, 1.807) is 0 Å². The molecule has 48 heavy (non-hydrogen) atoms. The van der Waals surface area contributed by atoms with Crippen molar-refractivity contribution in [3.63, 3.8) is 0 Å². The van der Waals surface area contributed by atoms with E-state index in [1.807, 2.05) is 0 Å². The largest absolute Gasteiger partial charge is 0.373 e. The molecule has 0 aromatic rings. The number of fused-ring (bicyclic) bond motifs is 6. The van der Waals surface area contributed by atoms with Gasteiger partial charge in [0.25, 0.3) is 0 Å². The Morgan fingerprint density at radius 3 is 1.35 bits per heavy atom. The molecular weight excluding hydrogens is 616 g/mol. The third kappa shape index (κ3) is 9.51. The van der Waals surface area contributed by atoms with Crippen LogP contribution >= 0.6 is 0 Å². The topological polar surface area (TPSA) is 171 Å². The van der Waals surface area contributed by atoms with Gasteiger partial charge in [0.2, 0.25) is 0 Å². The summed E-state index contributed by atoms with van der Waals surface area (Å²) < 4.78 is 0. The Morgan fingerprint density at radius 1 is 0.542 bits per heavy atom. The summed E-state index contributed by atoms with van der Waals surface area (Å²) in [5.74, 6) is 9.91. The highest BCUT2D eigenvalue weighted by atomic mass is 16.2. The normalized spacial score (nSPS) is 39.6. The zero-order valence-electron chi connectivity index (χ0n) is 29.8. The van der Waals surface area contributed by atoms with Gasteiger partial charge in [0.15, 0.2) is 0 Å². The van der Waals surface area contributed by atoms with Gasteiger partial charge in [-0.15, -0.1) is 0 Å². The molecule has 10 nitrogen and oxygen atoms in total. The molecule has 0 aromatic carbocycles. The van der Waals surface area contributed by atoms with Crippen molar-refractivity contribution in [2.75, 3.05) is 0 Å². The molecule has 0 heterocycles. The zero-order chi connectivity index (χ0) is 36.7. The van der Waals surface area contributed by atoms with Gasteiger partial charge in [0.05, 0.1) is 0 Å². The first-order chi connectivity index (χ1) is 22.8. The summed E-state index contributed by atoms with van der Waals surface area (Å²) in [6, 6.07) is 0. The van der Waals surface area contributed by atoms with E-state index in [9.17, 15) is 9.59 Å². The molecule has 6 rings (SSSR count). The molecule has 0 saturated heterocycles. The minimum absolute atomic E-state index is 0.0680. The number of hydrogen-bond acceptors (Lipinski definition) is 10. The van der Waals surface area contributed by atoms with E-state index in [2.05, 4.69) is 41.5 Å². The van der Waals surface area contributed by atoms with E-state index in [1.165, 1.54) is 77.0 Å². The number of carbonyl (C=O) groups excluding carboxylic acids is 10. The molecule has 0 aromatic heterocycles. The van der Waals surface area contributed by atoms with Crippen LogP contribution in [-0.4, -0.2) is 36.2 Å². The molecule has 0 aliphatic heterocycles. The molecular formula is C38H56O10. The second kappa shape index (κ2) is 20.4. The van der Waals surface area contributed by atoms with E-state index in [4.69, 9.17) is 38.4 Å². The summed E-state index contributed by atoms with van der Waals surface area (Å²) in [4.78, 5) is 89.4. The molecule has 268 valence electrons. The van der Waals surface area contributed by atoms with Crippen LogP contribution in [0.3, 0.4) is 0 Å². The van der Waals surface area contributed by atoms with Crippen LogP contribution in [0.15, 0.2) is 0 Å². The van der Waals surface area contributed by atoms with Crippen LogP contribution in [0.5, 0.6) is 0 Å². The third-order valence-electron chi connectivity index (χ3n) is 14.0. The van der Waals surface area contributed by atoms with Gasteiger partial charge in [-0.1, -0.05) is 60.8 Å². The molecule has 6 saturated carbocycles. The number of rotatable bonds is 2. The fourth-order valence-corrected chi connectivity index (χ4v) is 11.4. The highest BCUT2D eigenvalue weighted by Crippen LogP contribution is 2.61. The van der Waals surface area contributed by atoms with E-state index in [0.29, 0.717) is 11.6 Å². The molecule has 6 aliphatic carbocycles. The molecule has 6 fully saturated rings. The number of ketones is 2. The lowest BCUT2D eigenvalue weighted by Gasteiger charge is -2.52. The Morgan fingerprint density at radius 2 is 0.938 bits per heavy atom. The maximum Gasteiger partial charge on any atom is 0.373 e. The van der Waals surface area contributed by atoms with Gasteiger partial charge in [0, 0.05) is 23.7 Å². The molecule has 0 unspecified atom stereocenters. The van der Waals surface area contributed by atoms with Crippen molar-refractivity contribution in [1.82, 2.24) is 0 Å². The van der Waals surface area contributed by atoms with Gasteiger partial charge >= 0.3 is 24.6 Å². The van der Waals surface area contributed by atoms with Crippen LogP contribution in [0.25, 0.3) is 0 Å². The maximum absolute atomic E-state index is 12.3. The van der Waals surface area contributed by atoms with Crippen LogP contribution in [0.4, 0.5) is 0 Å². The average molecular weight is 673 g/mol. The third-order valence-corrected chi connectivity index (χ3v) is 14.0. The summed E-state index contributed by atoms with van der Waals surface area (Å²) in [7, 11) is 0. The number of hydrogen-bond donors (Lipinski definition) is 0. The van der Waals surface area contributed by atoms with Crippen molar-refractivity contribution in [2.24, 2.45) is 70.0 Å². The van der Waals surface area contributed by atoms with E-state index in [0.717, 1.165) is 72.0 Å². The summed E-state index contributed by atoms with van der Waals surface area (Å²) in [6.45, 7) is 14.2. The lowest BCUT2D eigenvalue weighted by molar-refractivity contribution is -0.193. The van der Waals surface area contributed by atoms with Gasteiger partial charge in [-0.2, -0.15) is 38.4 Å². The minimum Gasteiger partial charge on any atom is -0.299 e. The predicted molar refractivity (Wildman–Crippen MR) is 168 cm³/mol. The van der Waals surface area contributed by atoms with Crippen molar-refractivity contribution in [3.05, 3.63) is 0 Å². The molecule has 0 amide bonds. The molecule has 10 heteroatoms. The summed E-state index contributed by atoms with van der Waals surface area (Å²) in [5.41, 5.74) is 0.139. The highest BCUT2D eigenvalue weighted by molar-refractivity contribution is 5.87. The van der Waals surface area contributed by atoms with Crippen molar-refractivity contribution < 1.29 is 47.9 Å². The second-order valence-electron chi connectivity index (χ2n) is 15.3. The average Bonchev–Trinajstić information content (AvgIpc) is 3.54. The first kappa shape index (κ1) is 42.9. The van der Waals surface area contributed by atoms with Gasteiger partial charge in [0.1, 0.15) is 11.6 Å². The van der Waals surface area contributed by atoms with E-state index >= 15 is 0 Å². The van der Waals surface area contributed by atoms with Crippen LogP contribution < -0.4 is 0 Å². The SMILES string of the molecule is CC[C@@H]1CC[C@@H]2[C@H](CC[C@]3(C)C(=O)CC[C@@H]23)[C@H]1CC.C[C@@H]1[C@H]2CC[C@]3(C)C(=O)CC[C@H]3[C@@H]2CC[C@H]1C.O=C=O.O=C=O.O=C=O.O=C=O. The molecule has 6 aliphatic rings. The van der Waals surface area contributed by atoms with E-state index in [-0.39, 0.29) is 35.4 Å². The Kier molecular flexibility index (Phi) is 18.2. The lowest BCUT2D eigenvalue weighted by atomic mass is 9.52. The summed E-state index contributed by atoms with van der Waals surface area (Å²) in [5, 5.41) is 0. The van der Waals surface area contributed by atoms with Crippen LogP contribution in [0.2, 0.25) is 0 Å². The first-order valence-electron chi connectivity index (χ1n) is 17.9. The number of carbonyl (C=O) groups is 2. The molecule has 0 bridgehead atoms. The van der Waals surface area contributed by atoms with Crippen LogP contribution in [-0.2, 0) is 47.9 Å². The monoisotopic (exact) mass is 672 g/mol. The van der Waals surface area contributed by atoms with Crippen molar-refractivity contribution in [3.8, 4) is 0 Å². The Labute approximate surface area is 285 Å². The zero-order valence-corrected chi connectivity index (χ0v) is 29.8. The summed E-state index contributed by atoms with van der Waals surface area (Å²) in [6.07, 6.45) is 18.5. The Bertz CT molecular complexity index is 1140. The van der Waals surface area contributed by atoms with Crippen LogP contribution in [0, 0.1) is 70.0 Å². The molecule has 0 radical (unpaired) electrons. The van der Waals surface area contributed by atoms with Crippen molar-refractivity contribution in [2.45, 2.75) is 131 Å². The second-order valence-corrected chi connectivity index (χ2v) is 15.3. The first-order valence-corrected chi connectivity index (χ1v) is 17.9. The molecule has 0 N–H and O–H groups in total. The van der Waals surface area contributed by atoms with Crippen LogP contribution in [0.1, 0.15) is 131 Å². The fraction of sp³-hybridized carbons (Fsp3) is 0.842. The number of Topliss-reactive ketones (excluding diaryl/α,β-unsaturated/α-hetero) is 2. The van der Waals surface area contributed by atoms with Crippen molar-refractivity contribution in [1.29, 1.82) is 0 Å². The lowest BCUT2D eigenvalue weighted by Crippen LogP contribution is -2.47. The molecule has 12 atom stereocenters. The highest BCUT2D eigenvalue weighted by Gasteiger charge is 2.57. The smallest absolute Gasteiger partial charge is 0.299 e. The Hall–Kier alpha value is -3.14. The summed E-state index contributed by atoms with van der Waals surface area (Å²) >= 11 is 0. The van der Waals surface area contributed by atoms with E-state index < -0.39 is 0 Å².